The number of carbonyl (C=O) groups excluding carboxylic acids is 1. The van der Waals surface area contributed by atoms with Crippen molar-refractivity contribution in [3.05, 3.63) is 34.3 Å². The molecule has 3 nitrogen and oxygen atoms in total. The molecule has 82 valence electrons. The summed E-state index contributed by atoms with van der Waals surface area (Å²) < 4.78 is 0. The van der Waals surface area contributed by atoms with E-state index in [1.807, 2.05) is 6.92 Å². The first kappa shape index (κ1) is 12.0. The van der Waals surface area contributed by atoms with Crippen LogP contribution in [0.15, 0.2) is 18.2 Å². The van der Waals surface area contributed by atoms with Crippen molar-refractivity contribution in [2.24, 2.45) is 5.73 Å². The number of hydrogen-bond donors (Lipinski definition) is 1. The molecular weight excluding hydrogens is 212 g/mol. The summed E-state index contributed by atoms with van der Waals surface area (Å²) in [7, 11) is 1.73. The van der Waals surface area contributed by atoms with Crippen molar-refractivity contribution in [2.45, 2.75) is 6.92 Å². The zero-order chi connectivity index (χ0) is 11.4. The summed E-state index contributed by atoms with van der Waals surface area (Å²) in [5.41, 5.74) is 6.84. The van der Waals surface area contributed by atoms with E-state index in [0.29, 0.717) is 23.7 Å². The van der Waals surface area contributed by atoms with Gasteiger partial charge in [-0.15, -0.1) is 0 Å². The van der Waals surface area contributed by atoms with Crippen LogP contribution in [0, 0.1) is 6.92 Å². The molecule has 1 aromatic rings. The van der Waals surface area contributed by atoms with Gasteiger partial charge in [0.1, 0.15) is 0 Å². The highest BCUT2D eigenvalue weighted by atomic mass is 35.5. The molecule has 0 spiro atoms. The van der Waals surface area contributed by atoms with Crippen LogP contribution in [-0.2, 0) is 0 Å². The van der Waals surface area contributed by atoms with Gasteiger partial charge < -0.3 is 10.6 Å². The quantitative estimate of drug-likeness (QED) is 0.853. The van der Waals surface area contributed by atoms with Crippen molar-refractivity contribution in [3.63, 3.8) is 0 Å². The second kappa shape index (κ2) is 5.14. The van der Waals surface area contributed by atoms with Gasteiger partial charge in [0.05, 0.1) is 0 Å². The number of benzene rings is 1. The van der Waals surface area contributed by atoms with Gasteiger partial charge in [-0.05, 0) is 24.6 Å². The fraction of sp³-hybridized carbons (Fsp3) is 0.364. The summed E-state index contributed by atoms with van der Waals surface area (Å²) in [6, 6.07) is 5.33. The molecule has 1 rings (SSSR count). The Labute approximate surface area is 94.8 Å². The van der Waals surface area contributed by atoms with Gasteiger partial charge in [-0.3, -0.25) is 4.79 Å². The zero-order valence-electron chi connectivity index (χ0n) is 8.96. The number of nitrogens with zero attached hydrogens (tertiary/aromatic N) is 1. The minimum atomic E-state index is -0.0412. The number of likely N-dealkylation sites (N-methyl/N-ethyl adjacent to an activating group) is 1. The van der Waals surface area contributed by atoms with E-state index in [-0.39, 0.29) is 5.91 Å². The van der Waals surface area contributed by atoms with Crippen LogP contribution in [0.4, 0.5) is 0 Å². The maximum Gasteiger partial charge on any atom is 0.253 e. The minimum Gasteiger partial charge on any atom is -0.340 e. The van der Waals surface area contributed by atoms with Gasteiger partial charge in [-0.2, -0.15) is 0 Å². The Kier molecular flexibility index (Phi) is 4.12. The lowest BCUT2D eigenvalue weighted by Gasteiger charge is -2.17. The first-order valence-corrected chi connectivity index (χ1v) is 5.16. The number of hydrogen-bond acceptors (Lipinski definition) is 2. The normalized spacial score (nSPS) is 10.1. The molecule has 0 heterocycles. The summed E-state index contributed by atoms with van der Waals surface area (Å²) >= 11 is 5.94. The molecule has 0 aliphatic carbocycles. The van der Waals surface area contributed by atoms with Crippen LogP contribution >= 0.6 is 11.6 Å². The fourth-order valence-corrected chi connectivity index (χ4v) is 1.51. The number of rotatable bonds is 3. The lowest BCUT2D eigenvalue weighted by atomic mass is 10.1. The van der Waals surface area contributed by atoms with Crippen LogP contribution in [0.2, 0.25) is 5.02 Å². The Morgan fingerprint density at radius 3 is 2.80 bits per heavy atom. The molecule has 2 N–H and O–H groups in total. The van der Waals surface area contributed by atoms with E-state index in [2.05, 4.69) is 0 Å². The van der Waals surface area contributed by atoms with E-state index < -0.39 is 0 Å². The van der Waals surface area contributed by atoms with Crippen LogP contribution in [0.25, 0.3) is 0 Å². The van der Waals surface area contributed by atoms with Crippen LogP contribution in [0.3, 0.4) is 0 Å². The Morgan fingerprint density at radius 1 is 1.53 bits per heavy atom. The minimum absolute atomic E-state index is 0.0412. The van der Waals surface area contributed by atoms with Crippen molar-refractivity contribution < 1.29 is 4.79 Å². The SMILES string of the molecule is Cc1c(Cl)cccc1C(=O)N(C)CCN. The van der Waals surface area contributed by atoms with E-state index >= 15 is 0 Å². The Morgan fingerprint density at radius 2 is 2.20 bits per heavy atom. The molecule has 1 amide bonds. The summed E-state index contributed by atoms with van der Waals surface area (Å²) in [5, 5.41) is 0.613. The molecule has 0 saturated heterocycles. The molecule has 0 aromatic heterocycles. The molecule has 0 unspecified atom stereocenters. The highest BCUT2D eigenvalue weighted by molar-refractivity contribution is 6.31. The molecule has 0 aliphatic rings. The third-order valence-corrected chi connectivity index (χ3v) is 2.72. The van der Waals surface area contributed by atoms with E-state index in [0.717, 1.165) is 5.56 Å². The van der Waals surface area contributed by atoms with E-state index in [1.165, 1.54) is 0 Å². The van der Waals surface area contributed by atoms with E-state index in [4.69, 9.17) is 17.3 Å². The monoisotopic (exact) mass is 226 g/mol. The van der Waals surface area contributed by atoms with Gasteiger partial charge in [0.25, 0.3) is 5.91 Å². The largest absolute Gasteiger partial charge is 0.340 e. The Bertz CT molecular complexity index is 366. The van der Waals surface area contributed by atoms with Crippen molar-refractivity contribution in [3.8, 4) is 0 Å². The van der Waals surface area contributed by atoms with Gasteiger partial charge in [0.2, 0.25) is 0 Å². The zero-order valence-corrected chi connectivity index (χ0v) is 9.71. The first-order valence-electron chi connectivity index (χ1n) is 4.78. The van der Waals surface area contributed by atoms with Crippen molar-refractivity contribution in [2.75, 3.05) is 20.1 Å². The molecule has 4 heteroatoms. The van der Waals surface area contributed by atoms with Crippen molar-refractivity contribution in [1.29, 1.82) is 0 Å². The van der Waals surface area contributed by atoms with Gasteiger partial charge in [0.15, 0.2) is 0 Å². The van der Waals surface area contributed by atoms with Crippen molar-refractivity contribution >= 4 is 17.5 Å². The van der Waals surface area contributed by atoms with Gasteiger partial charge in [-0.1, -0.05) is 17.7 Å². The van der Waals surface area contributed by atoms with Crippen LogP contribution < -0.4 is 5.73 Å². The Hall–Kier alpha value is -1.06. The second-order valence-corrected chi connectivity index (χ2v) is 3.83. The van der Waals surface area contributed by atoms with E-state index in [9.17, 15) is 4.79 Å². The second-order valence-electron chi connectivity index (χ2n) is 3.43. The van der Waals surface area contributed by atoms with Gasteiger partial charge >= 0.3 is 0 Å². The average Bonchev–Trinajstić information content (AvgIpc) is 2.21. The van der Waals surface area contributed by atoms with Crippen LogP contribution in [0.1, 0.15) is 15.9 Å². The smallest absolute Gasteiger partial charge is 0.253 e. The summed E-state index contributed by atoms with van der Waals surface area (Å²) in [4.78, 5) is 13.5. The highest BCUT2D eigenvalue weighted by Crippen LogP contribution is 2.19. The standard InChI is InChI=1S/C11H15ClN2O/c1-8-9(4-3-5-10(8)12)11(15)14(2)7-6-13/h3-5H,6-7,13H2,1-2H3. The lowest BCUT2D eigenvalue weighted by molar-refractivity contribution is 0.0798. The van der Waals surface area contributed by atoms with Crippen LogP contribution in [-0.4, -0.2) is 30.9 Å². The summed E-state index contributed by atoms with van der Waals surface area (Å²) in [5.74, 6) is -0.0412. The molecule has 0 saturated carbocycles. The molecule has 0 atom stereocenters. The van der Waals surface area contributed by atoms with Gasteiger partial charge in [-0.25, -0.2) is 0 Å². The molecule has 0 bridgehead atoms. The average molecular weight is 227 g/mol. The summed E-state index contributed by atoms with van der Waals surface area (Å²) in [6.07, 6.45) is 0. The first-order chi connectivity index (χ1) is 7.07. The highest BCUT2D eigenvalue weighted by Gasteiger charge is 2.14. The van der Waals surface area contributed by atoms with E-state index in [1.54, 1.807) is 30.1 Å². The van der Waals surface area contributed by atoms with Gasteiger partial charge in [0, 0.05) is 30.7 Å². The predicted octanol–water partition coefficient (Wildman–Crippen LogP) is 1.68. The molecule has 0 radical (unpaired) electrons. The maximum atomic E-state index is 11.9. The topological polar surface area (TPSA) is 46.3 Å². The van der Waals surface area contributed by atoms with Crippen molar-refractivity contribution in [1.82, 2.24) is 4.90 Å². The number of nitrogens with two attached hydrogens (primary N) is 1. The lowest BCUT2D eigenvalue weighted by Crippen LogP contribution is -2.32. The fourth-order valence-electron chi connectivity index (χ4n) is 1.34. The third kappa shape index (κ3) is 2.70. The predicted molar refractivity (Wildman–Crippen MR) is 62.2 cm³/mol. The maximum absolute atomic E-state index is 11.9. The third-order valence-electron chi connectivity index (χ3n) is 2.31. The number of halogens is 1. The Balaban J connectivity index is 2.96. The number of carbonyl (C=O) groups is 1. The molecule has 15 heavy (non-hydrogen) atoms. The molecule has 0 fully saturated rings. The van der Waals surface area contributed by atoms with Crippen LogP contribution in [0.5, 0.6) is 0 Å². The molecule has 0 aliphatic heterocycles. The summed E-state index contributed by atoms with van der Waals surface area (Å²) in [6.45, 7) is 2.85. The molecule has 1 aromatic carbocycles. The molecular formula is C11H15ClN2O. The number of amides is 1.